The second kappa shape index (κ2) is 7.96. The number of rotatable bonds is 6. The lowest BCUT2D eigenvalue weighted by Crippen LogP contribution is -2.18. The van der Waals surface area contributed by atoms with Crippen molar-refractivity contribution < 1.29 is 4.79 Å². The van der Waals surface area contributed by atoms with Crippen LogP contribution in [0, 0.1) is 5.92 Å². The topological polar surface area (TPSA) is 70.2 Å². The number of hydrogen-bond acceptors (Lipinski definition) is 5. The van der Waals surface area contributed by atoms with Crippen LogP contribution in [0.5, 0.6) is 0 Å². The smallest absolute Gasteiger partial charge is 0.274 e. The predicted molar refractivity (Wildman–Crippen MR) is 101 cm³/mol. The van der Waals surface area contributed by atoms with Crippen LogP contribution in [0.4, 0.5) is 17.2 Å². The monoisotopic (exact) mass is 339 g/mol. The molecule has 3 rings (SSSR count). The number of benzene rings is 1. The van der Waals surface area contributed by atoms with E-state index in [0.717, 1.165) is 25.3 Å². The minimum absolute atomic E-state index is 0.232. The number of nitrogens with one attached hydrogen (secondary N) is 2. The summed E-state index contributed by atoms with van der Waals surface area (Å²) in [6, 6.07) is 9.65. The molecule has 0 bridgehead atoms. The van der Waals surface area contributed by atoms with Crippen molar-refractivity contribution in [2.75, 3.05) is 35.2 Å². The van der Waals surface area contributed by atoms with E-state index < -0.39 is 0 Å². The third-order valence-electron chi connectivity index (χ3n) is 4.19. The van der Waals surface area contributed by atoms with Crippen LogP contribution in [-0.2, 0) is 0 Å². The molecule has 0 radical (unpaired) electrons. The number of aromatic nitrogens is 2. The zero-order valence-electron chi connectivity index (χ0n) is 14.8. The first-order chi connectivity index (χ1) is 12.1. The van der Waals surface area contributed by atoms with Gasteiger partial charge in [0.25, 0.3) is 5.91 Å². The quantitative estimate of drug-likeness (QED) is 0.844. The molecule has 2 heterocycles. The van der Waals surface area contributed by atoms with Crippen LogP contribution in [0.3, 0.4) is 0 Å². The molecule has 6 nitrogen and oxygen atoms in total. The molecule has 1 aliphatic heterocycles. The van der Waals surface area contributed by atoms with Crippen molar-refractivity contribution in [1.29, 1.82) is 0 Å². The number of hydrogen-bond donors (Lipinski definition) is 2. The van der Waals surface area contributed by atoms with Crippen LogP contribution in [0.1, 0.15) is 37.2 Å². The molecule has 132 valence electrons. The summed E-state index contributed by atoms with van der Waals surface area (Å²) in [7, 11) is 0. The van der Waals surface area contributed by atoms with E-state index in [0.29, 0.717) is 17.4 Å². The van der Waals surface area contributed by atoms with Gasteiger partial charge in [-0.05, 0) is 43.0 Å². The van der Waals surface area contributed by atoms with Gasteiger partial charge in [0.15, 0.2) is 0 Å². The van der Waals surface area contributed by atoms with Crippen LogP contribution in [0.15, 0.2) is 36.7 Å². The zero-order valence-corrected chi connectivity index (χ0v) is 14.8. The molecule has 2 aromatic rings. The molecule has 1 saturated heterocycles. The summed E-state index contributed by atoms with van der Waals surface area (Å²) in [4.78, 5) is 23.0. The number of anilines is 3. The van der Waals surface area contributed by atoms with Gasteiger partial charge in [-0.1, -0.05) is 13.8 Å². The average molecular weight is 339 g/mol. The molecule has 0 unspecified atom stereocenters. The Bertz CT molecular complexity index is 708. The maximum absolute atomic E-state index is 12.4. The van der Waals surface area contributed by atoms with Crippen molar-refractivity contribution in [2.24, 2.45) is 5.92 Å². The highest BCUT2D eigenvalue weighted by atomic mass is 16.1. The van der Waals surface area contributed by atoms with E-state index in [1.54, 1.807) is 6.07 Å². The van der Waals surface area contributed by atoms with Gasteiger partial charge in [0.1, 0.15) is 17.8 Å². The molecular weight excluding hydrogens is 314 g/mol. The highest BCUT2D eigenvalue weighted by Gasteiger charge is 2.13. The van der Waals surface area contributed by atoms with Crippen molar-refractivity contribution >= 4 is 23.1 Å². The van der Waals surface area contributed by atoms with Crippen LogP contribution in [0.25, 0.3) is 0 Å². The Morgan fingerprint density at radius 2 is 1.88 bits per heavy atom. The maximum atomic E-state index is 12.4. The standard InChI is InChI=1S/C19H25N5O/c1-14(2)12-20-18-11-17(21-13-22-18)19(25)23-15-5-7-16(8-6-15)24-9-3-4-10-24/h5-8,11,13-14H,3-4,9-10,12H2,1-2H3,(H,23,25)(H,20,21,22). The van der Waals surface area contributed by atoms with E-state index >= 15 is 0 Å². The lowest BCUT2D eigenvalue weighted by Gasteiger charge is -2.17. The van der Waals surface area contributed by atoms with Gasteiger partial charge in [0.2, 0.25) is 0 Å². The second-order valence-electron chi connectivity index (χ2n) is 6.76. The van der Waals surface area contributed by atoms with Crippen molar-refractivity contribution in [1.82, 2.24) is 9.97 Å². The summed E-state index contributed by atoms with van der Waals surface area (Å²) in [5, 5.41) is 6.10. The Morgan fingerprint density at radius 1 is 1.16 bits per heavy atom. The van der Waals surface area contributed by atoms with Crippen LogP contribution in [0.2, 0.25) is 0 Å². The maximum Gasteiger partial charge on any atom is 0.274 e. The SMILES string of the molecule is CC(C)CNc1cc(C(=O)Nc2ccc(N3CCCC3)cc2)ncn1. The number of carbonyl (C=O) groups is 1. The van der Waals surface area contributed by atoms with Crippen molar-refractivity contribution in [2.45, 2.75) is 26.7 Å². The molecule has 2 N–H and O–H groups in total. The van der Waals surface area contributed by atoms with Crippen molar-refractivity contribution in [3.05, 3.63) is 42.4 Å². The molecule has 1 aliphatic rings. The van der Waals surface area contributed by atoms with E-state index in [2.05, 4.69) is 51.5 Å². The first-order valence-corrected chi connectivity index (χ1v) is 8.84. The summed E-state index contributed by atoms with van der Waals surface area (Å²) in [5.74, 6) is 0.934. The molecule has 1 fully saturated rings. The Morgan fingerprint density at radius 3 is 2.56 bits per heavy atom. The minimum Gasteiger partial charge on any atom is -0.372 e. The Balaban J connectivity index is 1.62. The predicted octanol–water partition coefficient (Wildman–Crippen LogP) is 3.40. The van der Waals surface area contributed by atoms with Gasteiger partial charge in [-0.2, -0.15) is 0 Å². The summed E-state index contributed by atoms with van der Waals surface area (Å²) in [6.07, 6.45) is 3.91. The fourth-order valence-electron chi connectivity index (χ4n) is 2.81. The number of amides is 1. The van der Waals surface area contributed by atoms with Gasteiger partial charge in [0, 0.05) is 37.1 Å². The second-order valence-corrected chi connectivity index (χ2v) is 6.76. The molecule has 1 amide bonds. The van der Waals surface area contributed by atoms with E-state index in [1.807, 2.05) is 12.1 Å². The van der Waals surface area contributed by atoms with Gasteiger partial charge in [0.05, 0.1) is 0 Å². The minimum atomic E-state index is -0.232. The largest absolute Gasteiger partial charge is 0.372 e. The van der Waals surface area contributed by atoms with Crippen molar-refractivity contribution in [3.63, 3.8) is 0 Å². The molecule has 0 aliphatic carbocycles. The van der Waals surface area contributed by atoms with E-state index in [1.165, 1.54) is 24.9 Å². The molecule has 0 saturated carbocycles. The Labute approximate surface area is 148 Å². The summed E-state index contributed by atoms with van der Waals surface area (Å²) < 4.78 is 0. The lowest BCUT2D eigenvalue weighted by atomic mass is 10.2. The molecule has 1 aromatic carbocycles. The van der Waals surface area contributed by atoms with Crippen LogP contribution >= 0.6 is 0 Å². The van der Waals surface area contributed by atoms with E-state index in [-0.39, 0.29) is 5.91 Å². The van der Waals surface area contributed by atoms with Gasteiger partial charge < -0.3 is 15.5 Å². The molecular formula is C19H25N5O. The van der Waals surface area contributed by atoms with Crippen LogP contribution < -0.4 is 15.5 Å². The third-order valence-corrected chi connectivity index (χ3v) is 4.19. The van der Waals surface area contributed by atoms with Gasteiger partial charge in [-0.25, -0.2) is 9.97 Å². The Hall–Kier alpha value is -2.63. The van der Waals surface area contributed by atoms with E-state index in [4.69, 9.17) is 0 Å². The van der Waals surface area contributed by atoms with Gasteiger partial charge >= 0.3 is 0 Å². The van der Waals surface area contributed by atoms with Crippen molar-refractivity contribution in [3.8, 4) is 0 Å². The highest BCUT2D eigenvalue weighted by Crippen LogP contribution is 2.22. The Kier molecular flexibility index (Phi) is 5.48. The molecule has 6 heteroatoms. The van der Waals surface area contributed by atoms with Gasteiger partial charge in [-0.3, -0.25) is 4.79 Å². The molecule has 0 spiro atoms. The summed E-state index contributed by atoms with van der Waals surface area (Å²) in [6.45, 7) is 7.26. The summed E-state index contributed by atoms with van der Waals surface area (Å²) >= 11 is 0. The zero-order chi connectivity index (χ0) is 17.6. The highest BCUT2D eigenvalue weighted by molar-refractivity contribution is 6.03. The number of nitrogens with zero attached hydrogens (tertiary/aromatic N) is 3. The first kappa shape index (κ1) is 17.2. The molecule has 0 atom stereocenters. The lowest BCUT2D eigenvalue weighted by molar-refractivity contribution is 0.102. The van der Waals surface area contributed by atoms with Gasteiger partial charge in [-0.15, -0.1) is 0 Å². The fraction of sp³-hybridized carbons (Fsp3) is 0.421. The van der Waals surface area contributed by atoms with E-state index in [9.17, 15) is 4.79 Å². The molecule has 25 heavy (non-hydrogen) atoms. The third kappa shape index (κ3) is 4.68. The summed E-state index contributed by atoms with van der Waals surface area (Å²) in [5.41, 5.74) is 2.32. The van der Waals surface area contributed by atoms with Crippen LogP contribution in [-0.4, -0.2) is 35.5 Å². The molecule has 1 aromatic heterocycles. The fourth-order valence-corrected chi connectivity index (χ4v) is 2.81. The first-order valence-electron chi connectivity index (χ1n) is 8.84. The average Bonchev–Trinajstić information content (AvgIpc) is 3.15. The number of carbonyl (C=O) groups excluding carboxylic acids is 1. The normalized spacial score (nSPS) is 14.0.